The number of benzene rings is 1. The lowest BCUT2D eigenvalue weighted by molar-refractivity contribution is 0.599. The average molecular weight is 299 g/mol. The summed E-state index contributed by atoms with van der Waals surface area (Å²) < 4.78 is 2.34. The van der Waals surface area contributed by atoms with Gasteiger partial charge in [0.05, 0.1) is 17.6 Å². The molecule has 2 aromatic heterocycles. The molecule has 4 heteroatoms. The Labute approximate surface area is 129 Å². The summed E-state index contributed by atoms with van der Waals surface area (Å²) in [4.78, 5) is 4.77. The van der Waals surface area contributed by atoms with E-state index < -0.39 is 0 Å². The van der Waals surface area contributed by atoms with Gasteiger partial charge in [0, 0.05) is 6.54 Å². The maximum absolute atomic E-state index is 4.77. The van der Waals surface area contributed by atoms with E-state index in [1.165, 1.54) is 11.1 Å². The summed E-state index contributed by atoms with van der Waals surface area (Å²) in [6.07, 6.45) is 2.21. The third kappa shape index (κ3) is 3.34. The van der Waals surface area contributed by atoms with E-state index in [-0.39, 0.29) is 0 Å². The van der Waals surface area contributed by atoms with Gasteiger partial charge in [-0.1, -0.05) is 19.1 Å². The van der Waals surface area contributed by atoms with Crippen LogP contribution in [0.3, 0.4) is 0 Å². The van der Waals surface area contributed by atoms with Gasteiger partial charge in [-0.2, -0.15) is 11.3 Å². The molecule has 110 valence electrons. The highest BCUT2D eigenvalue weighted by Gasteiger charge is 2.08. The lowest BCUT2D eigenvalue weighted by Gasteiger charge is -2.08. The highest BCUT2D eigenvalue weighted by molar-refractivity contribution is 7.07. The van der Waals surface area contributed by atoms with Crippen molar-refractivity contribution in [3.8, 4) is 0 Å². The second kappa shape index (κ2) is 6.87. The zero-order valence-electron chi connectivity index (χ0n) is 12.4. The molecule has 0 saturated heterocycles. The van der Waals surface area contributed by atoms with Crippen LogP contribution in [0.2, 0.25) is 0 Å². The molecule has 0 fully saturated rings. The van der Waals surface area contributed by atoms with E-state index in [4.69, 9.17) is 4.98 Å². The van der Waals surface area contributed by atoms with Crippen molar-refractivity contribution < 1.29 is 0 Å². The predicted octanol–water partition coefficient (Wildman–Crippen LogP) is 3.84. The minimum atomic E-state index is 0.832. The highest BCUT2D eigenvalue weighted by atomic mass is 32.1. The molecule has 21 heavy (non-hydrogen) atoms. The number of rotatable bonds is 7. The lowest BCUT2D eigenvalue weighted by Crippen LogP contribution is -2.19. The van der Waals surface area contributed by atoms with E-state index >= 15 is 0 Å². The predicted molar refractivity (Wildman–Crippen MR) is 89.8 cm³/mol. The fourth-order valence-corrected chi connectivity index (χ4v) is 3.30. The third-order valence-corrected chi connectivity index (χ3v) is 4.37. The van der Waals surface area contributed by atoms with Gasteiger partial charge in [0.1, 0.15) is 5.82 Å². The summed E-state index contributed by atoms with van der Waals surface area (Å²) in [5.41, 5.74) is 3.75. The summed E-state index contributed by atoms with van der Waals surface area (Å²) in [5.74, 6) is 1.14. The summed E-state index contributed by atoms with van der Waals surface area (Å²) in [7, 11) is 0. The normalized spacial score (nSPS) is 11.3. The number of hydrogen-bond acceptors (Lipinski definition) is 3. The zero-order valence-corrected chi connectivity index (χ0v) is 13.2. The molecule has 0 radical (unpaired) electrons. The third-order valence-electron chi connectivity index (χ3n) is 3.63. The molecule has 3 rings (SSSR count). The second-order valence-corrected chi connectivity index (χ2v) is 6.01. The SMILES string of the molecule is CCCn1c(CNCCc2ccsc2)nc2ccccc21. The number of thiophene rings is 1. The summed E-state index contributed by atoms with van der Waals surface area (Å²) in [6.45, 7) is 5.06. The largest absolute Gasteiger partial charge is 0.327 e. The van der Waals surface area contributed by atoms with E-state index in [9.17, 15) is 0 Å². The van der Waals surface area contributed by atoms with Gasteiger partial charge in [0.2, 0.25) is 0 Å². The van der Waals surface area contributed by atoms with Gasteiger partial charge in [0.25, 0.3) is 0 Å². The Morgan fingerprint density at radius 2 is 2.14 bits per heavy atom. The molecular formula is C17H21N3S. The van der Waals surface area contributed by atoms with Gasteiger partial charge in [-0.05, 0) is 53.9 Å². The van der Waals surface area contributed by atoms with Gasteiger partial charge in [-0.25, -0.2) is 4.98 Å². The molecule has 0 spiro atoms. The van der Waals surface area contributed by atoms with E-state index in [1.807, 2.05) is 0 Å². The summed E-state index contributed by atoms with van der Waals surface area (Å²) in [6, 6.07) is 10.6. The Hall–Kier alpha value is -1.65. The topological polar surface area (TPSA) is 29.9 Å². The summed E-state index contributed by atoms with van der Waals surface area (Å²) in [5, 5.41) is 7.87. The summed E-state index contributed by atoms with van der Waals surface area (Å²) >= 11 is 1.76. The monoisotopic (exact) mass is 299 g/mol. The van der Waals surface area contributed by atoms with E-state index in [0.717, 1.165) is 43.8 Å². The average Bonchev–Trinajstić information content (AvgIpc) is 3.13. The van der Waals surface area contributed by atoms with Gasteiger partial charge in [0.15, 0.2) is 0 Å². The van der Waals surface area contributed by atoms with Crippen LogP contribution in [0.5, 0.6) is 0 Å². The van der Waals surface area contributed by atoms with Gasteiger partial charge in [-0.3, -0.25) is 0 Å². The molecule has 0 saturated carbocycles. The standard InChI is InChI=1S/C17H21N3S/c1-2-10-20-16-6-4-3-5-15(16)19-17(20)12-18-9-7-14-8-11-21-13-14/h3-6,8,11,13,18H,2,7,9-10,12H2,1H3. The van der Waals surface area contributed by atoms with Crippen molar-refractivity contribution >= 4 is 22.4 Å². The van der Waals surface area contributed by atoms with Crippen molar-refractivity contribution in [3.63, 3.8) is 0 Å². The first kappa shape index (κ1) is 14.3. The number of fused-ring (bicyclic) bond motifs is 1. The van der Waals surface area contributed by atoms with Crippen molar-refractivity contribution in [1.82, 2.24) is 14.9 Å². The quantitative estimate of drug-likeness (QED) is 0.672. The number of aromatic nitrogens is 2. The molecule has 3 aromatic rings. The van der Waals surface area contributed by atoms with Crippen molar-refractivity contribution in [2.45, 2.75) is 32.9 Å². The van der Waals surface area contributed by atoms with Crippen LogP contribution < -0.4 is 5.32 Å². The second-order valence-electron chi connectivity index (χ2n) is 5.23. The van der Waals surface area contributed by atoms with E-state index in [2.05, 4.69) is 57.9 Å². The Kier molecular flexibility index (Phi) is 4.68. The fraction of sp³-hybridized carbons (Fsp3) is 0.353. The minimum absolute atomic E-state index is 0.832. The molecular weight excluding hydrogens is 278 g/mol. The molecule has 0 aliphatic carbocycles. The zero-order chi connectivity index (χ0) is 14.5. The van der Waals surface area contributed by atoms with Crippen LogP contribution in [0.25, 0.3) is 11.0 Å². The van der Waals surface area contributed by atoms with Crippen LogP contribution in [-0.2, 0) is 19.5 Å². The smallest absolute Gasteiger partial charge is 0.123 e. The van der Waals surface area contributed by atoms with Crippen molar-refractivity contribution in [3.05, 3.63) is 52.5 Å². The number of nitrogens with zero attached hydrogens (tertiary/aromatic N) is 2. The van der Waals surface area contributed by atoms with Crippen LogP contribution in [-0.4, -0.2) is 16.1 Å². The molecule has 0 amide bonds. The van der Waals surface area contributed by atoms with Crippen molar-refractivity contribution in [2.24, 2.45) is 0 Å². The van der Waals surface area contributed by atoms with Gasteiger partial charge < -0.3 is 9.88 Å². The number of imidazole rings is 1. The van der Waals surface area contributed by atoms with Crippen LogP contribution in [0.15, 0.2) is 41.1 Å². The maximum atomic E-state index is 4.77. The molecule has 0 unspecified atom stereocenters. The molecule has 1 aromatic carbocycles. The molecule has 3 nitrogen and oxygen atoms in total. The van der Waals surface area contributed by atoms with Crippen LogP contribution in [0, 0.1) is 0 Å². The first-order valence-corrected chi connectivity index (χ1v) is 8.48. The lowest BCUT2D eigenvalue weighted by atomic mass is 10.2. The van der Waals surface area contributed by atoms with Crippen molar-refractivity contribution in [1.29, 1.82) is 0 Å². The fourth-order valence-electron chi connectivity index (χ4n) is 2.60. The van der Waals surface area contributed by atoms with E-state index in [0.29, 0.717) is 0 Å². The Morgan fingerprint density at radius 3 is 2.95 bits per heavy atom. The Balaban J connectivity index is 1.66. The maximum Gasteiger partial charge on any atom is 0.123 e. The van der Waals surface area contributed by atoms with E-state index in [1.54, 1.807) is 11.3 Å². The molecule has 1 N–H and O–H groups in total. The molecule has 0 aliphatic heterocycles. The first-order chi connectivity index (χ1) is 10.4. The van der Waals surface area contributed by atoms with Gasteiger partial charge >= 0.3 is 0 Å². The van der Waals surface area contributed by atoms with Crippen LogP contribution in [0.4, 0.5) is 0 Å². The molecule has 0 bridgehead atoms. The molecule has 2 heterocycles. The number of nitrogens with one attached hydrogen (secondary N) is 1. The highest BCUT2D eigenvalue weighted by Crippen LogP contribution is 2.16. The Morgan fingerprint density at radius 1 is 1.24 bits per heavy atom. The number of hydrogen-bond donors (Lipinski definition) is 1. The first-order valence-electron chi connectivity index (χ1n) is 7.54. The molecule has 0 atom stereocenters. The van der Waals surface area contributed by atoms with Gasteiger partial charge in [-0.15, -0.1) is 0 Å². The molecule has 0 aliphatic rings. The number of aryl methyl sites for hydroxylation is 1. The Bertz CT molecular complexity index is 685. The van der Waals surface area contributed by atoms with Crippen LogP contribution in [0.1, 0.15) is 24.7 Å². The van der Waals surface area contributed by atoms with Crippen LogP contribution >= 0.6 is 11.3 Å². The number of para-hydroxylation sites is 2. The minimum Gasteiger partial charge on any atom is -0.327 e. The van der Waals surface area contributed by atoms with Crippen molar-refractivity contribution in [2.75, 3.05) is 6.54 Å².